The minimum absolute atomic E-state index is 0.159. The average Bonchev–Trinajstić information content (AvgIpc) is 3.02. The number of hydrogen-bond donors (Lipinski definition) is 1. The van der Waals surface area contributed by atoms with E-state index in [0.29, 0.717) is 25.8 Å². The van der Waals surface area contributed by atoms with Gasteiger partial charge < -0.3 is 5.32 Å². The normalized spacial score (nSPS) is 18.2. The van der Waals surface area contributed by atoms with Crippen LogP contribution in [0.1, 0.15) is 9.75 Å². The Kier molecular flexibility index (Phi) is 4.59. The van der Waals surface area contributed by atoms with Crippen LogP contribution in [0.5, 0.6) is 0 Å². The number of rotatable bonds is 2. The van der Waals surface area contributed by atoms with Crippen LogP contribution >= 0.6 is 46.3 Å². The number of amidine groups is 1. The fourth-order valence-electron chi connectivity index (χ4n) is 1.83. The molecule has 0 saturated carbocycles. The Bertz CT molecular complexity index is 812. The van der Waals surface area contributed by atoms with Gasteiger partial charge in [-0.15, -0.1) is 11.3 Å². The van der Waals surface area contributed by atoms with E-state index >= 15 is 0 Å². The van der Waals surface area contributed by atoms with Gasteiger partial charge in [-0.1, -0.05) is 29.3 Å². The molecule has 0 unspecified atom stereocenters. The number of hydrogen-bond acceptors (Lipinski definition) is 4. The molecule has 0 aliphatic carbocycles. The summed E-state index contributed by atoms with van der Waals surface area (Å²) >= 11 is 15.0. The summed E-state index contributed by atoms with van der Waals surface area (Å²) in [6, 6.07) is 9.22. The summed E-state index contributed by atoms with van der Waals surface area (Å²) in [5, 5.41) is 4.03. The highest BCUT2D eigenvalue weighted by Gasteiger charge is 2.24. The third-order valence-electron chi connectivity index (χ3n) is 2.84. The van der Waals surface area contributed by atoms with Crippen molar-refractivity contribution < 1.29 is 4.79 Å². The van der Waals surface area contributed by atoms with Gasteiger partial charge >= 0.3 is 0 Å². The molecule has 3 rings (SSSR count). The zero-order valence-corrected chi connectivity index (χ0v) is 14.5. The molecule has 1 amide bonds. The number of aliphatic imine (C=N–C) groups is 1. The molecule has 112 valence electrons. The Balaban J connectivity index is 1.87. The monoisotopic (exact) mass is 368 g/mol. The molecule has 2 heterocycles. The van der Waals surface area contributed by atoms with Crippen molar-refractivity contribution in [3.63, 3.8) is 0 Å². The van der Waals surface area contributed by atoms with E-state index in [1.807, 2.05) is 25.1 Å². The second-order valence-corrected chi connectivity index (χ2v) is 7.64. The van der Waals surface area contributed by atoms with E-state index in [0.717, 1.165) is 4.88 Å². The first kappa shape index (κ1) is 15.6. The largest absolute Gasteiger partial charge is 0.300 e. The predicted molar refractivity (Wildman–Crippen MR) is 96.3 cm³/mol. The first-order valence-corrected chi connectivity index (χ1v) is 8.72. The summed E-state index contributed by atoms with van der Waals surface area (Å²) in [7, 11) is 0. The van der Waals surface area contributed by atoms with E-state index in [2.05, 4.69) is 10.3 Å². The molecule has 0 radical (unpaired) electrons. The summed E-state index contributed by atoms with van der Waals surface area (Å²) in [5.74, 6) is -0.159. The molecule has 1 fully saturated rings. The van der Waals surface area contributed by atoms with E-state index in [9.17, 15) is 4.79 Å². The van der Waals surface area contributed by atoms with E-state index in [-0.39, 0.29) is 5.91 Å². The molecule has 1 aliphatic rings. The zero-order valence-electron chi connectivity index (χ0n) is 11.4. The highest BCUT2D eigenvalue weighted by molar-refractivity contribution is 8.18. The van der Waals surface area contributed by atoms with Crippen molar-refractivity contribution in [2.24, 2.45) is 4.99 Å². The number of amides is 1. The number of aryl methyl sites for hydroxylation is 1. The van der Waals surface area contributed by atoms with Crippen molar-refractivity contribution in [1.29, 1.82) is 0 Å². The van der Waals surface area contributed by atoms with Crippen molar-refractivity contribution in [3.8, 4) is 0 Å². The summed E-state index contributed by atoms with van der Waals surface area (Å²) < 4.78 is 0. The molecule has 1 N–H and O–H groups in total. The van der Waals surface area contributed by atoms with Gasteiger partial charge in [0, 0.05) is 9.75 Å². The molecule has 1 aromatic carbocycles. The van der Waals surface area contributed by atoms with Crippen LogP contribution in [0.25, 0.3) is 6.08 Å². The maximum absolute atomic E-state index is 12.0. The van der Waals surface area contributed by atoms with Gasteiger partial charge in [-0.25, -0.2) is 4.99 Å². The van der Waals surface area contributed by atoms with Gasteiger partial charge in [0.25, 0.3) is 5.91 Å². The van der Waals surface area contributed by atoms with Crippen molar-refractivity contribution in [1.82, 2.24) is 5.32 Å². The standard InChI is InChI=1S/C15H10Cl2N2OS2/c1-8-5-6-9(21-8)7-12-14(20)19-15(22-12)18-11-4-2-3-10(16)13(11)17/h2-7H,1H3,(H,18,19,20). The van der Waals surface area contributed by atoms with E-state index < -0.39 is 0 Å². The van der Waals surface area contributed by atoms with Crippen molar-refractivity contribution in [2.45, 2.75) is 6.92 Å². The maximum Gasteiger partial charge on any atom is 0.264 e. The minimum atomic E-state index is -0.159. The van der Waals surface area contributed by atoms with Crippen molar-refractivity contribution in [3.05, 3.63) is 55.0 Å². The van der Waals surface area contributed by atoms with Gasteiger partial charge in [-0.3, -0.25) is 4.79 Å². The van der Waals surface area contributed by atoms with Crippen LogP contribution in [0.15, 0.2) is 40.2 Å². The summed E-state index contributed by atoms with van der Waals surface area (Å²) in [4.78, 5) is 19.2. The van der Waals surface area contributed by atoms with Crippen LogP contribution < -0.4 is 5.32 Å². The molecular formula is C15H10Cl2N2OS2. The lowest BCUT2D eigenvalue weighted by molar-refractivity contribution is -0.115. The lowest BCUT2D eigenvalue weighted by Gasteiger charge is -2.00. The fourth-order valence-corrected chi connectivity index (χ4v) is 3.89. The van der Waals surface area contributed by atoms with Crippen molar-refractivity contribution in [2.75, 3.05) is 0 Å². The zero-order chi connectivity index (χ0) is 15.7. The van der Waals surface area contributed by atoms with Crippen molar-refractivity contribution >= 4 is 69.1 Å². The Labute approximate surface area is 146 Å². The summed E-state index contributed by atoms with van der Waals surface area (Å²) in [6.45, 7) is 2.03. The first-order valence-electron chi connectivity index (χ1n) is 6.33. The molecule has 1 saturated heterocycles. The number of carbonyl (C=O) groups excluding carboxylic acids is 1. The lowest BCUT2D eigenvalue weighted by atomic mass is 10.3. The van der Waals surface area contributed by atoms with Gasteiger partial charge in [-0.05, 0) is 49.0 Å². The van der Waals surface area contributed by atoms with Gasteiger partial charge in [-0.2, -0.15) is 0 Å². The first-order chi connectivity index (χ1) is 10.5. The van der Waals surface area contributed by atoms with Gasteiger partial charge in [0.15, 0.2) is 5.17 Å². The summed E-state index contributed by atoms with van der Waals surface area (Å²) in [6.07, 6.45) is 1.86. The Hall–Kier alpha value is -1.27. The molecule has 1 aliphatic heterocycles. The summed E-state index contributed by atoms with van der Waals surface area (Å²) in [5.41, 5.74) is 0.533. The lowest BCUT2D eigenvalue weighted by Crippen LogP contribution is -2.19. The Morgan fingerprint density at radius 1 is 1.23 bits per heavy atom. The number of benzene rings is 1. The highest BCUT2D eigenvalue weighted by Crippen LogP contribution is 2.34. The SMILES string of the molecule is Cc1ccc(C=C2SC(=Nc3cccc(Cl)c3Cl)NC2=O)s1. The van der Waals surface area contributed by atoms with Crippen LogP contribution in [-0.2, 0) is 4.79 Å². The van der Waals surface area contributed by atoms with Crippen LogP contribution in [0.3, 0.4) is 0 Å². The topological polar surface area (TPSA) is 41.5 Å². The second-order valence-electron chi connectivity index (χ2n) is 4.50. The molecule has 7 heteroatoms. The molecular weight excluding hydrogens is 359 g/mol. The number of nitrogens with one attached hydrogen (secondary N) is 1. The van der Waals surface area contributed by atoms with E-state index in [1.54, 1.807) is 29.5 Å². The molecule has 1 aromatic heterocycles. The maximum atomic E-state index is 12.0. The molecule has 3 nitrogen and oxygen atoms in total. The average molecular weight is 369 g/mol. The Morgan fingerprint density at radius 2 is 2.05 bits per heavy atom. The third kappa shape index (κ3) is 3.38. The number of thioether (sulfide) groups is 1. The molecule has 2 aromatic rings. The van der Waals surface area contributed by atoms with E-state index in [4.69, 9.17) is 23.2 Å². The number of nitrogens with zero attached hydrogens (tertiary/aromatic N) is 1. The van der Waals surface area contributed by atoms with Gasteiger partial charge in [0.2, 0.25) is 0 Å². The predicted octanol–water partition coefficient (Wildman–Crippen LogP) is 5.25. The smallest absolute Gasteiger partial charge is 0.264 e. The second kappa shape index (κ2) is 6.46. The molecule has 0 bridgehead atoms. The number of carbonyl (C=O) groups is 1. The van der Waals surface area contributed by atoms with Crippen LogP contribution in [0.2, 0.25) is 10.0 Å². The van der Waals surface area contributed by atoms with Gasteiger partial charge in [0.05, 0.1) is 20.6 Å². The Morgan fingerprint density at radius 3 is 2.77 bits per heavy atom. The van der Waals surface area contributed by atoms with Crippen LogP contribution in [0.4, 0.5) is 5.69 Å². The molecule has 0 spiro atoms. The molecule has 0 atom stereocenters. The van der Waals surface area contributed by atoms with Crippen LogP contribution in [0, 0.1) is 6.92 Å². The quantitative estimate of drug-likeness (QED) is 0.734. The fraction of sp³-hybridized carbons (Fsp3) is 0.0667. The molecule has 22 heavy (non-hydrogen) atoms. The highest BCUT2D eigenvalue weighted by atomic mass is 35.5. The van der Waals surface area contributed by atoms with Gasteiger partial charge in [0.1, 0.15) is 0 Å². The number of halogens is 2. The third-order valence-corrected chi connectivity index (χ3v) is 5.51. The van der Waals surface area contributed by atoms with Crippen LogP contribution in [-0.4, -0.2) is 11.1 Å². The minimum Gasteiger partial charge on any atom is -0.300 e. The van der Waals surface area contributed by atoms with E-state index in [1.165, 1.54) is 16.6 Å². The number of thiophene rings is 1.